The average molecular weight is 408 g/mol. The number of benzene rings is 2. The van der Waals surface area contributed by atoms with E-state index in [1.54, 1.807) is 36.4 Å². The highest BCUT2D eigenvalue weighted by Crippen LogP contribution is 2.42. The van der Waals surface area contributed by atoms with E-state index in [9.17, 15) is 14.0 Å². The zero-order chi connectivity index (χ0) is 17.3. The van der Waals surface area contributed by atoms with Crippen LogP contribution in [0.1, 0.15) is 5.56 Å². The third-order valence-corrected chi connectivity index (χ3v) is 5.00. The fourth-order valence-corrected chi connectivity index (χ4v) is 3.71. The molecule has 1 heterocycles. The number of amides is 1. The van der Waals surface area contributed by atoms with E-state index in [4.69, 9.17) is 5.11 Å². The van der Waals surface area contributed by atoms with Crippen molar-refractivity contribution in [2.45, 2.75) is 11.4 Å². The number of carbonyl (C=O) groups is 2. The Hall–Kier alpha value is -2.12. The minimum Gasteiger partial charge on any atom is -0.478 e. The van der Waals surface area contributed by atoms with Gasteiger partial charge in [0.15, 0.2) is 0 Å². The lowest BCUT2D eigenvalue weighted by Crippen LogP contribution is -2.34. The molecule has 1 aliphatic rings. The molecule has 2 aromatic rings. The van der Waals surface area contributed by atoms with E-state index in [0.29, 0.717) is 15.7 Å². The zero-order valence-corrected chi connectivity index (χ0v) is 14.6. The van der Waals surface area contributed by atoms with Crippen LogP contribution in [-0.4, -0.2) is 17.0 Å². The van der Waals surface area contributed by atoms with Crippen LogP contribution in [0.4, 0.5) is 10.1 Å². The highest BCUT2D eigenvalue weighted by Gasteiger charge is 2.30. The molecule has 1 amide bonds. The summed E-state index contributed by atoms with van der Waals surface area (Å²) in [5.41, 5.74) is 0.986. The summed E-state index contributed by atoms with van der Waals surface area (Å²) < 4.78 is 14.7. The number of carbonyl (C=O) groups excluding carboxylic acids is 1. The number of hydrogen-bond donors (Lipinski definition) is 1. The van der Waals surface area contributed by atoms with Gasteiger partial charge in [-0.05, 0) is 24.3 Å². The number of nitrogens with zero attached hydrogens (tertiary/aromatic N) is 1. The van der Waals surface area contributed by atoms with Gasteiger partial charge >= 0.3 is 5.97 Å². The molecule has 7 heteroatoms. The number of carboxylic acid groups (broad SMARTS) is 1. The molecule has 0 radical (unpaired) electrons. The largest absolute Gasteiger partial charge is 0.478 e. The van der Waals surface area contributed by atoms with Crippen molar-refractivity contribution < 1.29 is 19.1 Å². The molecule has 0 bridgehead atoms. The van der Waals surface area contributed by atoms with Crippen LogP contribution in [0.3, 0.4) is 0 Å². The van der Waals surface area contributed by atoms with Crippen LogP contribution in [-0.2, 0) is 16.1 Å². The number of thioether (sulfide) groups is 1. The first-order chi connectivity index (χ1) is 11.5. The summed E-state index contributed by atoms with van der Waals surface area (Å²) in [6.45, 7) is 0.0203. The maximum absolute atomic E-state index is 14.1. The molecule has 0 saturated heterocycles. The molecule has 2 aromatic carbocycles. The van der Waals surface area contributed by atoms with Crippen LogP contribution in [0, 0.1) is 5.82 Å². The van der Waals surface area contributed by atoms with Gasteiger partial charge in [0, 0.05) is 21.0 Å². The second-order valence-electron chi connectivity index (χ2n) is 5.04. The first-order valence-electron chi connectivity index (χ1n) is 6.93. The molecule has 0 fully saturated rings. The number of rotatable bonds is 3. The summed E-state index contributed by atoms with van der Waals surface area (Å²) in [5.74, 6) is -2.08. The fraction of sp³-hybridized carbons (Fsp3) is 0.0588. The summed E-state index contributed by atoms with van der Waals surface area (Å²) in [6, 6.07) is 11.8. The molecule has 0 atom stereocenters. The number of fused-ring (bicyclic) bond motifs is 1. The van der Waals surface area contributed by atoms with Crippen LogP contribution < -0.4 is 4.90 Å². The van der Waals surface area contributed by atoms with E-state index >= 15 is 0 Å². The van der Waals surface area contributed by atoms with E-state index in [1.165, 1.54) is 11.0 Å². The van der Waals surface area contributed by atoms with E-state index in [1.807, 2.05) is 0 Å². The van der Waals surface area contributed by atoms with Gasteiger partial charge in [0.05, 0.1) is 17.1 Å². The number of para-hydroxylation sites is 1. The molecule has 122 valence electrons. The topological polar surface area (TPSA) is 57.6 Å². The summed E-state index contributed by atoms with van der Waals surface area (Å²) >= 11 is 4.30. The van der Waals surface area contributed by atoms with Gasteiger partial charge in [-0.2, -0.15) is 0 Å². The van der Waals surface area contributed by atoms with Gasteiger partial charge in [-0.1, -0.05) is 45.9 Å². The summed E-state index contributed by atoms with van der Waals surface area (Å²) in [4.78, 5) is 25.8. The number of aliphatic carboxylic acids is 1. The molecule has 1 N–H and O–H groups in total. The molecule has 1 aliphatic heterocycles. The lowest BCUT2D eigenvalue weighted by molar-refractivity contribution is -0.131. The first-order valence-corrected chi connectivity index (χ1v) is 8.54. The maximum Gasteiger partial charge on any atom is 0.329 e. The summed E-state index contributed by atoms with van der Waals surface area (Å²) in [5, 5.41) is 8.96. The Morgan fingerprint density at radius 1 is 1.29 bits per heavy atom. The highest BCUT2D eigenvalue weighted by atomic mass is 79.9. The van der Waals surface area contributed by atoms with Gasteiger partial charge in [-0.3, -0.25) is 4.79 Å². The van der Waals surface area contributed by atoms with E-state index < -0.39 is 17.7 Å². The normalized spacial score (nSPS) is 15.5. The standard InChI is InChI=1S/C17H11BrFNO3S/c18-11-6-5-10(12(19)7-11)9-20-13-3-1-2-4-14(13)24-15(17(20)23)8-16(21)22/h1-8H,9H2,(H,21,22). The van der Waals surface area contributed by atoms with Crippen LogP contribution >= 0.6 is 27.7 Å². The average Bonchev–Trinajstić information content (AvgIpc) is 2.53. The Labute approximate surface area is 150 Å². The highest BCUT2D eigenvalue weighted by molar-refractivity contribution is 9.10. The molecule has 0 aliphatic carbocycles. The van der Waals surface area contributed by atoms with Crippen molar-refractivity contribution in [2.75, 3.05) is 4.90 Å². The van der Waals surface area contributed by atoms with Crippen molar-refractivity contribution in [1.82, 2.24) is 0 Å². The number of hydrogen-bond acceptors (Lipinski definition) is 3. The third kappa shape index (κ3) is 3.37. The monoisotopic (exact) mass is 407 g/mol. The van der Waals surface area contributed by atoms with E-state index in [-0.39, 0.29) is 11.4 Å². The molecule has 4 nitrogen and oxygen atoms in total. The molecule has 0 unspecified atom stereocenters. The van der Waals surface area contributed by atoms with Crippen molar-refractivity contribution >= 4 is 45.3 Å². The van der Waals surface area contributed by atoms with E-state index in [0.717, 1.165) is 22.7 Å². The van der Waals surface area contributed by atoms with Crippen LogP contribution in [0.15, 0.2) is 62.8 Å². The minimum atomic E-state index is -1.19. The Morgan fingerprint density at radius 2 is 2.04 bits per heavy atom. The molecule has 3 rings (SSSR count). The second kappa shape index (κ2) is 6.78. The first kappa shape index (κ1) is 16.7. The van der Waals surface area contributed by atoms with Crippen LogP contribution in [0.5, 0.6) is 0 Å². The van der Waals surface area contributed by atoms with Gasteiger partial charge in [0.1, 0.15) is 5.82 Å². The number of anilines is 1. The number of halogens is 2. The van der Waals surface area contributed by atoms with Gasteiger partial charge in [0.25, 0.3) is 5.91 Å². The van der Waals surface area contributed by atoms with Crippen molar-refractivity contribution in [3.8, 4) is 0 Å². The Kier molecular flexibility index (Phi) is 4.73. The predicted octanol–water partition coefficient (Wildman–Crippen LogP) is 4.20. The molecule has 0 aromatic heterocycles. The SMILES string of the molecule is O=C(O)C=C1Sc2ccccc2N(Cc2ccc(Br)cc2F)C1=O. The van der Waals surface area contributed by atoms with Crippen LogP contribution in [0.25, 0.3) is 0 Å². The Morgan fingerprint density at radius 3 is 2.75 bits per heavy atom. The molecule has 0 spiro atoms. The number of carboxylic acids is 1. The molecular weight excluding hydrogens is 397 g/mol. The van der Waals surface area contributed by atoms with Gasteiger partial charge in [0.2, 0.25) is 0 Å². The van der Waals surface area contributed by atoms with Crippen molar-refractivity contribution in [3.05, 3.63) is 69.3 Å². The van der Waals surface area contributed by atoms with E-state index in [2.05, 4.69) is 15.9 Å². The smallest absolute Gasteiger partial charge is 0.329 e. The molecular formula is C17H11BrFNO3S. The zero-order valence-electron chi connectivity index (χ0n) is 12.2. The third-order valence-electron chi connectivity index (χ3n) is 3.43. The second-order valence-corrected chi connectivity index (χ2v) is 7.04. The summed E-state index contributed by atoms with van der Waals surface area (Å²) in [7, 11) is 0. The molecule has 0 saturated carbocycles. The van der Waals surface area contributed by atoms with Crippen molar-refractivity contribution in [1.29, 1.82) is 0 Å². The van der Waals surface area contributed by atoms with Crippen molar-refractivity contribution in [3.63, 3.8) is 0 Å². The minimum absolute atomic E-state index is 0.0203. The molecule has 24 heavy (non-hydrogen) atoms. The quantitative estimate of drug-likeness (QED) is 0.774. The lowest BCUT2D eigenvalue weighted by Gasteiger charge is -2.30. The van der Waals surface area contributed by atoms with Gasteiger partial charge in [-0.15, -0.1) is 0 Å². The summed E-state index contributed by atoms with van der Waals surface area (Å²) in [6.07, 6.45) is 0.883. The van der Waals surface area contributed by atoms with Gasteiger partial charge < -0.3 is 10.0 Å². The van der Waals surface area contributed by atoms with Gasteiger partial charge in [-0.25, -0.2) is 9.18 Å². The Balaban J connectivity index is 2.04. The fourth-order valence-electron chi connectivity index (χ4n) is 2.35. The Bertz CT molecular complexity index is 869. The maximum atomic E-state index is 14.1. The lowest BCUT2D eigenvalue weighted by atomic mass is 10.1. The van der Waals surface area contributed by atoms with Crippen molar-refractivity contribution in [2.24, 2.45) is 0 Å². The van der Waals surface area contributed by atoms with Crippen LogP contribution in [0.2, 0.25) is 0 Å². The predicted molar refractivity (Wildman–Crippen MR) is 93.3 cm³/mol.